The van der Waals surface area contributed by atoms with Crippen LogP contribution in [0.25, 0.3) is 65.3 Å². The van der Waals surface area contributed by atoms with Gasteiger partial charge in [0.1, 0.15) is 0 Å². The van der Waals surface area contributed by atoms with Gasteiger partial charge in [0, 0.05) is 34.1 Å². The molecular weight excluding hydrogens is 952 g/mol. The zero-order valence-corrected chi connectivity index (χ0v) is 48.9. The van der Waals surface area contributed by atoms with E-state index in [4.69, 9.17) is 0 Å². The Bertz CT molecular complexity index is 4010. The van der Waals surface area contributed by atoms with Crippen LogP contribution in [-0.4, -0.2) is 6.71 Å². The first-order chi connectivity index (χ1) is 37.5. The lowest BCUT2D eigenvalue weighted by Gasteiger charge is -2.45. The van der Waals surface area contributed by atoms with Crippen molar-refractivity contribution in [1.82, 2.24) is 0 Å². The molecule has 2 nitrogen and oxygen atoms in total. The van der Waals surface area contributed by atoms with E-state index in [1.165, 1.54) is 149 Å². The van der Waals surface area contributed by atoms with Gasteiger partial charge in [-0.25, -0.2) is 0 Å². The van der Waals surface area contributed by atoms with Gasteiger partial charge in [-0.1, -0.05) is 223 Å². The Hall–Kier alpha value is -7.88. The van der Waals surface area contributed by atoms with Crippen LogP contribution >= 0.6 is 0 Å². The van der Waals surface area contributed by atoms with Gasteiger partial charge in [0.2, 0.25) is 0 Å². The molecule has 390 valence electrons. The van der Waals surface area contributed by atoms with Crippen LogP contribution < -0.4 is 26.2 Å². The SMILES string of the molecule is Cc1cc(-c2ccccc2)cc(C)c1-c1cc2c3c(c1)N(c1cc(C(C)(C)C)cc(C(C)(C)C)c1)c1cc4ccc5ccccc5c4cc1B3c1cc3c(ccc4ccccc43)cc1N2c1cc(C(C)(C)C)cc(C(C)(C)C)c1. The molecule has 0 saturated heterocycles. The normalized spacial score (nSPS) is 13.6. The summed E-state index contributed by atoms with van der Waals surface area (Å²) in [6.45, 7) is 32.9. The van der Waals surface area contributed by atoms with Gasteiger partial charge in [-0.2, -0.15) is 0 Å². The lowest BCUT2D eigenvalue weighted by Crippen LogP contribution is -2.61. The van der Waals surface area contributed by atoms with Crippen molar-refractivity contribution in [3.63, 3.8) is 0 Å². The number of hydrogen-bond donors (Lipinski definition) is 0. The second-order valence-electron chi connectivity index (χ2n) is 27.3. The van der Waals surface area contributed by atoms with E-state index in [1.54, 1.807) is 0 Å². The maximum Gasteiger partial charge on any atom is 0.252 e. The molecule has 2 heterocycles. The predicted molar refractivity (Wildman–Crippen MR) is 346 cm³/mol. The molecule has 0 atom stereocenters. The first-order valence-corrected chi connectivity index (χ1v) is 28.7. The monoisotopic (exact) mass is 1020 g/mol. The van der Waals surface area contributed by atoms with Crippen LogP contribution in [0.2, 0.25) is 0 Å². The van der Waals surface area contributed by atoms with Gasteiger partial charge in [0.15, 0.2) is 0 Å². The topological polar surface area (TPSA) is 6.48 Å². The molecule has 2 aliphatic rings. The van der Waals surface area contributed by atoms with E-state index in [9.17, 15) is 0 Å². The van der Waals surface area contributed by atoms with Crippen LogP contribution in [0.5, 0.6) is 0 Å². The van der Waals surface area contributed by atoms with E-state index >= 15 is 0 Å². The van der Waals surface area contributed by atoms with Crippen molar-refractivity contribution in [2.75, 3.05) is 9.80 Å². The van der Waals surface area contributed by atoms with E-state index in [2.05, 4.69) is 295 Å². The lowest BCUT2D eigenvalue weighted by atomic mass is 9.33. The number of anilines is 6. The van der Waals surface area contributed by atoms with Gasteiger partial charge in [-0.05, 0) is 199 Å². The Balaban J connectivity index is 1.23. The molecule has 0 fully saturated rings. The zero-order valence-electron chi connectivity index (χ0n) is 48.9. The summed E-state index contributed by atoms with van der Waals surface area (Å²) in [5, 5.41) is 10.1. The maximum atomic E-state index is 2.68. The third-order valence-electron chi connectivity index (χ3n) is 17.5. The lowest BCUT2D eigenvalue weighted by molar-refractivity contribution is 0.568. The van der Waals surface area contributed by atoms with Gasteiger partial charge >= 0.3 is 0 Å². The molecule has 11 aromatic carbocycles. The minimum absolute atomic E-state index is 0.0993. The highest BCUT2D eigenvalue weighted by atomic mass is 15.2. The third-order valence-corrected chi connectivity index (χ3v) is 17.5. The van der Waals surface area contributed by atoms with E-state index < -0.39 is 0 Å². The molecule has 0 aromatic heterocycles. The summed E-state index contributed by atoms with van der Waals surface area (Å²) in [4.78, 5) is 5.37. The molecule has 0 spiro atoms. The first-order valence-electron chi connectivity index (χ1n) is 28.7. The molecule has 79 heavy (non-hydrogen) atoms. The molecule has 0 saturated carbocycles. The zero-order chi connectivity index (χ0) is 55.2. The average molecular weight is 1030 g/mol. The molecule has 0 bridgehead atoms. The molecule has 11 aromatic rings. The van der Waals surface area contributed by atoms with E-state index in [-0.39, 0.29) is 28.4 Å². The Morgan fingerprint density at radius 2 is 0.684 bits per heavy atom. The summed E-state index contributed by atoms with van der Waals surface area (Å²) in [6.07, 6.45) is 0. The Morgan fingerprint density at radius 3 is 1.09 bits per heavy atom. The molecule has 2 aliphatic heterocycles. The van der Waals surface area contributed by atoms with Gasteiger partial charge in [-0.3, -0.25) is 0 Å². The highest BCUT2D eigenvalue weighted by Crippen LogP contribution is 2.51. The van der Waals surface area contributed by atoms with Crippen molar-refractivity contribution < 1.29 is 0 Å². The van der Waals surface area contributed by atoms with Crippen molar-refractivity contribution in [2.24, 2.45) is 0 Å². The van der Waals surface area contributed by atoms with Crippen molar-refractivity contribution in [1.29, 1.82) is 0 Å². The second kappa shape index (κ2) is 17.8. The highest BCUT2D eigenvalue weighted by molar-refractivity contribution is 7.00. The average Bonchev–Trinajstić information content (AvgIpc) is 2.90. The number of nitrogens with zero attached hydrogens (tertiary/aromatic N) is 2. The Labute approximate surface area is 469 Å². The predicted octanol–water partition coefficient (Wildman–Crippen LogP) is 19.5. The maximum absolute atomic E-state index is 2.68. The number of hydrogen-bond acceptors (Lipinski definition) is 2. The van der Waals surface area contributed by atoms with Crippen LogP contribution in [-0.2, 0) is 21.7 Å². The Kier molecular flexibility index (Phi) is 11.4. The van der Waals surface area contributed by atoms with Crippen molar-refractivity contribution in [3.8, 4) is 22.3 Å². The van der Waals surface area contributed by atoms with E-state index in [0.717, 1.165) is 0 Å². The number of rotatable bonds is 4. The molecule has 0 aliphatic carbocycles. The Morgan fingerprint density at radius 1 is 0.304 bits per heavy atom. The van der Waals surface area contributed by atoms with Gasteiger partial charge in [0.05, 0.1) is 0 Å². The fraction of sp³-hybridized carbons (Fsp3) is 0.237. The van der Waals surface area contributed by atoms with Crippen LogP contribution in [0.4, 0.5) is 34.1 Å². The number of benzene rings is 11. The highest BCUT2D eigenvalue weighted by Gasteiger charge is 2.45. The second-order valence-corrected chi connectivity index (χ2v) is 27.3. The summed E-state index contributed by atoms with van der Waals surface area (Å²) in [7, 11) is 0. The summed E-state index contributed by atoms with van der Waals surface area (Å²) >= 11 is 0. The molecule has 13 rings (SSSR count). The van der Waals surface area contributed by atoms with Crippen LogP contribution in [0, 0.1) is 13.8 Å². The van der Waals surface area contributed by atoms with Crippen LogP contribution in [0.15, 0.2) is 188 Å². The largest absolute Gasteiger partial charge is 0.311 e. The summed E-state index contributed by atoms with van der Waals surface area (Å²) in [5.41, 5.74) is 23.7. The van der Waals surface area contributed by atoms with E-state index in [1.807, 2.05) is 0 Å². The van der Waals surface area contributed by atoms with Crippen LogP contribution in [0.3, 0.4) is 0 Å². The summed E-state index contributed by atoms with van der Waals surface area (Å²) in [5.74, 6) is 0. The van der Waals surface area contributed by atoms with Gasteiger partial charge < -0.3 is 9.80 Å². The third kappa shape index (κ3) is 8.46. The fourth-order valence-electron chi connectivity index (χ4n) is 13.1. The first kappa shape index (κ1) is 50.6. The van der Waals surface area contributed by atoms with E-state index in [0.29, 0.717) is 0 Å². The standard InChI is InChI=1S/C76H73BN2/c1-46-32-53(48-22-16-15-17-23-48)33-47(2)71(46)54-36-69-72-70(37-54)79(60-42-57(75(9,10)11)39-58(43-60)76(12,13)14)68-35-52-31-29-50-25-19-21-27-62(50)64(52)45-66(68)77(72)65-44-63-51(30-28-49-24-18-20-26-61(49)63)34-67(65)78(69)59-40-55(73(3,4)5)38-56(41-59)74(6,7)8/h15-45H,1-14H3. The number of fused-ring (bicyclic) bond motifs is 10. The minimum Gasteiger partial charge on any atom is -0.311 e. The molecule has 0 unspecified atom stereocenters. The smallest absolute Gasteiger partial charge is 0.252 e. The summed E-state index contributed by atoms with van der Waals surface area (Å²) in [6, 6.07) is 73.3. The molecule has 0 amide bonds. The quantitative estimate of drug-likeness (QED) is 0.128. The fourth-order valence-corrected chi connectivity index (χ4v) is 13.1. The molecular formula is C76H73BN2. The number of aryl methyl sites for hydroxylation is 2. The van der Waals surface area contributed by atoms with Crippen molar-refractivity contribution in [3.05, 3.63) is 221 Å². The molecule has 0 radical (unpaired) electrons. The minimum atomic E-state index is -0.105. The van der Waals surface area contributed by atoms with Crippen molar-refractivity contribution >= 4 is 100 Å². The van der Waals surface area contributed by atoms with Crippen LogP contribution in [0.1, 0.15) is 116 Å². The van der Waals surface area contributed by atoms with Gasteiger partial charge in [-0.15, -0.1) is 0 Å². The summed E-state index contributed by atoms with van der Waals surface area (Å²) < 4.78 is 0. The van der Waals surface area contributed by atoms with Crippen molar-refractivity contribution in [2.45, 2.75) is 119 Å². The molecule has 0 N–H and O–H groups in total. The van der Waals surface area contributed by atoms with Gasteiger partial charge in [0.25, 0.3) is 6.71 Å². The molecule has 3 heteroatoms.